The van der Waals surface area contributed by atoms with Crippen molar-refractivity contribution in [3.05, 3.63) is 45.4 Å². The number of thiophene rings is 1. The fourth-order valence-electron chi connectivity index (χ4n) is 2.99. The second-order valence-corrected chi connectivity index (χ2v) is 7.40. The number of ether oxygens (including phenoxy) is 2. The Hall–Kier alpha value is -2.72. The zero-order valence-corrected chi connectivity index (χ0v) is 16.5. The monoisotopic (exact) mass is 447 g/mol. The quantitative estimate of drug-likeness (QED) is 0.602. The highest BCUT2D eigenvalue weighted by Gasteiger charge is 2.32. The number of carboxylic acids is 1. The molecule has 3 rings (SSSR count). The molecule has 0 fully saturated rings. The third kappa shape index (κ3) is 4.18. The van der Waals surface area contributed by atoms with Crippen molar-refractivity contribution in [2.75, 3.05) is 7.11 Å². The van der Waals surface area contributed by atoms with Crippen LogP contribution in [0.1, 0.15) is 20.9 Å². The Labute approximate surface area is 171 Å². The van der Waals surface area contributed by atoms with Crippen LogP contribution in [0.3, 0.4) is 0 Å². The number of aromatic nitrogens is 1. The summed E-state index contributed by atoms with van der Waals surface area (Å²) >= 11 is 6.69. The summed E-state index contributed by atoms with van der Waals surface area (Å²) in [5.41, 5.74) is 1.03. The molecule has 0 amide bonds. The molecule has 0 aliphatic heterocycles. The van der Waals surface area contributed by atoms with Crippen molar-refractivity contribution in [2.45, 2.75) is 19.7 Å². The van der Waals surface area contributed by atoms with Crippen LogP contribution in [0, 0.1) is 6.92 Å². The van der Waals surface area contributed by atoms with Crippen LogP contribution in [0.5, 0.6) is 10.8 Å². The lowest BCUT2D eigenvalue weighted by molar-refractivity contribution is -0.273. The zero-order valence-electron chi connectivity index (χ0n) is 15.0. The number of benzene rings is 1. The number of halogens is 4. The number of carbonyl (C=O) groups excluding carboxylic acids is 1. The van der Waals surface area contributed by atoms with E-state index in [4.69, 9.17) is 16.3 Å². The number of carbonyl (C=O) groups is 2. The Morgan fingerprint density at radius 1 is 1.28 bits per heavy atom. The molecular formula is C18H13ClF3NO5S. The van der Waals surface area contributed by atoms with Gasteiger partial charge in [-0.2, -0.15) is 0 Å². The maximum absolute atomic E-state index is 13.0. The van der Waals surface area contributed by atoms with Crippen molar-refractivity contribution in [2.24, 2.45) is 0 Å². The van der Waals surface area contributed by atoms with Crippen molar-refractivity contribution < 1.29 is 37.3 Å². The number of alkyl halides is 3. The van der Waals surface area contributed by atoms with Gasteiger partial charge in [-0.05, 0) is 36.8 Å². The van der Waals surface area contributed by atoms with Crippen LogP contribution in [0.25, 0.3) is 10.9 Å². The predicted molar refractivity (Wildman–Crippen MR) is 100 cm³/mol. The van der Waals surface area contributed by atoms with Gasteiger partial charge in [0.2, 0.25) is 0 Å². The van der Waals surface area contributed by atoms with Crippen molar-refractivity contribution in [3.8, 4) is 10.8 Å². The topological polar surface area (TPSA) is 77.8 Å². The average Bonchev–Trinajstić information content (AvgIpc) is 3.15. The molecule has 0 bridgehead atoms. The molecule has 29 heavy (non-hydrogen) atoms. The molecule has 0 saturated heterocycles. The average molecular weight is 448 g/mol. The number of nitrogens with zero attached hydrogens (tertiary/aromatic N) is 1. The van der Waals surface area contributed by atoms with E-state index in [1.54, 1.807) is 6.92 Å². The van der Waals surface area contributed by atoms with Gasteiger partial charge in [-0.15, -0.1) is 13.2 Å². The minimum absolute atomic E-state index is 0.0157. The Morgan fingerprint density at radius 3 is 2.55 bits per heavy atom. The molecule has 2 heterocycles. The second kappa shape index (κ2) is 7.60. The van der Waals surface area contributed by atoms with Crippen LogP contribution < -0.4 is 9.47 Å². The maximum atomic E-state index is 13.0. The summed E-state index contributed by atoms with van der Waals surface area (Å²) < 4.78 is 47.4. The van der Waals surface area contributed by atoms with E-state index in [-0.39, 0.29) is 16.3 Å². The highest BCUT2D eigenvalue weighted by Crippen LogP contribution is 2.37. The molecule has 0 atom stereocenters. The first-order chi connectivity index (χ1) is 13.5. The molecule has 6 nitrogen and oxygen atoms in total. The normalized spacial score (nSPS) is 11.7. The Bertz CT molecular complexity index is 1120. The first kappa shape index (κ1) is 21.0. The molecule has 0 aliphatic carbocycles. The van der Waals surface area contributed by atoms with Gasteiger partial charge in [-0.3, -0.25) is 14.2 Å². The third-order valence-corrected chi connectivity index (χ3v) is 5.39. The summed E-state index contributed by atoms with van der Waals surface area (Å²) in [5, 5.41) is 9.39. The maximum Gasteiger partial charge on any atom is 0.573 e. The zero-order chi connectivity index (χ0) is 21.5. The summed E-state index contributed by atoms with van der Waals surface area (Å²) in [4.78, 5) is 24.3. The molecule has 0 aliphatic rings. The predicted octanol–water partition coefficient (Wildman–Crippen LogP) is 4.89. The smallest absolute Gasteiger partial charge is 0.495 e. The molecular weight excluding hydrogens is 435 g/mol. The highest BCUT2D eigenvalue weighted by atomic mass is 35.5. The minimum Gasteiger partial charge on any atom is -0.495 e. The molecule has 0 saturated carbocycles. The Kier molecular flexibility index (Phi) is 5.50. The van der Waals surface area contributed by atoms with Gasteiger partial charge in [-0.1, -0.05) is 22.9 Å². The Morgan fingerprint density at radius 2 is 1.97 bits per heavy atom. The number of hydrogen-bond donors (Lipinski definition) is 1. The first-order valence-corrected chi connectivity index (χ1v) is 9.20. The number of hydrogen-bond acceptors (Lipinski definition) is 5. The lowest BCUT2D eigenvalue weighted by atomic mass is 10.1. The molecule has 0 unspecified atom stereocenters. The molecule has 1 aromatic carbocycles. The van der Waals surface area contributed by atoms with E-state index in [0.717, 1.165) is 6.07 Å². The summed E-state index contributed by atoms with van der Waals surface area (Å²) in [6, 6.07) is 5.23. The Balaban J connectivity index is 2.15. The van der Waals surface area contributed by atoms with E-state index >= 15 is 0 Å². The third-order valence-electron chi connectivity index (χ3n) is 4.15. The molecule has 3 aromatic rings. The van der Waals surface area contributed by atoms with Gasteiger partial charge >= 0.3 is 12.3 Å². The molecule has 1 N–H and O–H groups in total. The molecule has 11 heteroatoms. The summed E-state index contributed by atoms with van der Waals surface area (Å²) in [6.07, 6.45) is -5.24. The highest BCUT2D eigenvalue weighted by molar-refractivity contribution is 7.15. The minimum atomic E-state index is -4.88. The molecule has 154 valence electrons. The van der Waals surface area contributed by atoms with E-state index in [2.05, 4.69) is 4.74 Å². The number of carboxylic acid groups (broad SMARTS) is 1. The van der Waals surface area contributed by atoms with Crippen LogP contribution in [-0.2, 0) is 11.2 Å². The lowest BCUT2D eigenvalue weighted by Crippen LogP contribution is -2.16. The molecule has 0 radical (unpaired) electrons. The SMILES string of the molecule is COc1cc2c(CC(=O)O)c(C)n(C(=O)c3ccc(OC(F)(F)F)s3)c2cc1Cl. The van der Waals surface area contributed by atoms with Gasteiger partial charge in [0.15, 0.2) is 5.06 Å². The van der Waals surface area contributed by atoms with Gasteiger partial charge in [0.05, 0.1) is 28.9 Å². The van der Waals surface area contributed by atoms with Crippen molar-refractivity contribution >= 4 is 45.7 Å². The van der Waals surface area contributed by atoms with E-state index in [9.17, 15) is 27.9 Å². The number of aliphatic carboxylic acids is 1. The van der Waals surface area contributed by atoms with Gasteiger partial charge < -0.3 is 14.6 Å². The van der Waals surface area contributed by atoms with E-state index in [1.807, 2.05) is 0 Å². The van der Waals surface area contributed by atoms with Gasteiger partial charge in [0, 0.05) is 11.1 Å². The van der Waals surface area contributed by atoms with E-state index in [0.29, 0.717) is 39.2 Å². The van der Waals surface area contributed by atoms with Crippen molar-refractivity contribution in [3.63, 3.8) is 0 Å². The standard InChI is InChI=1S/C18H13ClF3NO5S/c1-8-9(6-15(24)25)10-5-13(27-2)11(19)7-12(10)23(8)17(26)14-3-4-16(29-14)28-18(20,21)22/h3-5,7H,6H2,1-2H3,(H,24,25). The van der Waals surface area contributed by atoms with Crippen molar-refractivity contribution in [1.29, 1.82) is 0 Å². The van der Waals surface area contributed by atoms with Gasteiger partial charge in [0.1, 0.15) is 5.75 Å². The van der Waals surface area contributed by atoms with Crippen LogP contribution in [0.2, 0.25) is 5.02 Å². The van der Waals surface area contributed by atoms with Crippen LogP contribution in [0.4, 0.5) is 13.2 Å². The van der Waals surface area contributed by atoms with Gasteiger partial charge in [-0.25, -0.2) is 0 Å². The number of rotatable bonds is 5. The van der Waals surface area contributed by atoms with Crippen molar-refractivity contribution in [1.82, 2.24) is 4.57 Å². The second-order valence-electron chi connectivity index (χ2n) is 5.95. The molecule has 2 aromatic heterocycles. The fourth-order valence-corrected chi connectivity index (χ4v) is 4.03. The lowest BCUT2D eigenvalue weighted by Gasteiger charge is -2.07. The van der Waals surface area contributed by atoms with Gasteiger partial charge in [0.25, 0.3) is 5.91 Å². The largest absolute Gasteiger partial charge is 0.573 e. The van der Waals surface area contributed by atoms with Crippen LogP contribution in [0.15, 0.2) is 24.3 Å². The van der Waals surface area contributed by atoms with E-state index in [1.165, 1.54) is 29.9 Å². The number of methoxy groups -OCH3 is 1. The number of fused-ring (bicyclic) bond motifs is 1. The summed E-state index contributed by atoms with van der Waals surface area (Å²) in [6.45, 7) is 1.55. The van der Waals surface area contributed by atoms with Crippen LogP contribution in [-0.4, -0.2) is 35.0 Å². The summed E-state index contributed by atoms with van der Waals surface area (Å²) in [5.74, 6) is -1.44. The molecule has 0 spiro atoms. The summed E-state index contributed by atoms with van der Waals surface area (Å²) in [7, 11) is 1.40. The fraction of sp³-hybridized carbons (Fsp3) is 0.222. The first-order valence-electron chi connectivity index (χ1n) is 8.01. The van der Waals surface area contributed by atoms with Crippen LogP contribution >= 0.6 is 22.9 Å². The van der Waals surface area contributed by atoms with E-state index < -0.39 is 23.3 Å².